The van der Waals surface area contributed by atoms with Crippen molar-refractivity contribution in [3.05, 3.63) is 48.0 Å². The molecule has 9 heteroatoms. The summed E-state index contributed by atoms with van der Waals surface area (Å²) in [5, 5.41) is 5.10. The van der Waals surface area contributed by atoms with E-state index >= 15 is 0 Å². The van der Waals surface area contributed by atoms with Crippen LogP contribution in [0.2, 0.25) is 0 Å². The second-order valence-electron chi connectivity index (χ2n) is 5.96. The number of thioether (sulfide) groups is 1. The molecule has 2 aromatic carbocycles. The van der Waals surface area contributed by atoms with Crippen LogP contribution in [0.4, 0.5) is 5.69 Å². The van der Waals surface area contributed by atoms with Gasteiger partial charge in [-0.15, -0.1) is 11.8 Å². The number of rotatable bonds is 7. The van der Waals surface area contributed by atoms with Crippen LogP contribution >= 0.6 is 11.8 Å². The van der Waals surface area contributed by atoms with Crippen LogP contribution in [0.15, 0.2) is 47.4 Å². The first-order valence-corrected chi connectivity index (χ1v) is 9.84. The molecule has 2 N–H and O–H groups in total. The number of hydrogen-bond acceptors (Lipinski definition) is 7. The predicted molar refractivity (Wildman–Crippen MR) is 108 cm³/mol. The molecule has 0 atom stereocenters. The van der Waals surface area contributed by atoms with E-state index in [1.165, 1.54) is 24.9 Å². The minimum Gasteiger partial charge on any atom is -0.486 e. The van der Waals surface area contributed by atoms with Gasteiger partial charge in [0, 0.05) is 23.2 Å². The van der Waals surface area contributed by atoms with Gasteiger partial charge in [0.2, 0.25) is 0 Å². The van der Waals surface area contributed by atoms with Gasteiger partial charge in [0.25, 0.3) is 11.8 Å². The summed E-state index contributed by atoms with van der Waals surface area (Å²) in [4.78, 5) is 36.3. The second kappa shape index (κ2) is 9.83. The Balaban J connectivity index is 1.43. The highest BCUT2D eigenvalue weighted by atomic mass is 32.2. The van der Waals surface area contributed by atoms with Crippen molar-refractivity contribution in [2.45, 2.75) is 4.90 Å². The standard InChI is InChI=1S/C20H20N2O6S/c1-21-20(25)13-3-2-4-14(9-13)22-18(23)11-28-19(24)12-29-15-5-6-16-17(10-15)27-8-7-26-16/h2-6,9-10H,7-8,11-12H2,1H3,(H,21,25)(H,22,23). The number of hydrogen-bond donors (Lipinski definition) is 2. The van der Waals surface area contributed by atoms with E-state index in [1.807, 2.05) is 6.07 Å². The molecular formula is C20H20N2O6S. The average Bonchev–Trinajstić information content (AvgIpc) is 2.75. The highest BCUT2D eigenvalue weighted by Crippen LogP contribution is 2.34. The summed E-state index contributed by atoms with van der Waals surface area (Å²) in [6.07, 6.45) is 0. The molecule has 0 saturated heterocycles. The third kappa shape index (κ3) is 5.89. The van der Waals surface area contributed by atoms with Gasteiger partial charge < -0.3 is 24.8 Å². The molecule has 3 rings (SSSR count). The van der Waals surface area contributed by atoms with E-state index in [4.69, 9.17) is 14.2 Å². The van der Waals surface area contributed by atoms with Gasteiger partial charge in [-0.2, -0.15) is 0 Å². The molecule has 0 aromatic heterocycles. The van der Waals surface area contributed by atoms with Crippen LogP contribution < -0.4 is 20.1 Å². The Bertz CT molecular complexity index is 918. The third-order valence-electron chi connectivity index (χ3n) is 3.87. The van der Waals surface area contributed by atoms with E-state index in [0.29, 0.717) is 36.0 Å². The van der Waals surface area contributed by atoms with Gasteiger partial charge >= 0.3 is 5.97 Å². The fraction of sp³-hybridized carbons (Fsp3) is 0.250. The number of esters is 1. The Hall–Kier alpha value is -3.20. The first-order chi connectivity index (χ1) is 14.0. The van der Waals surface area contributed by atoms with E-state index in [1.54, 1.807) is 30.3 Å². The van der Waals surface area contributed by atoms with Crippen LogP contribution in [-0.4, -0.2) is 50.4 Å². The molecule has 1 aliphatic rings. The van der Waals surface area contributed by atoms with Crippen molar-refractivity contribution >= 4 is 35.2 Å². The van der Waals surface area contributed by atoms with Gasteiger partial charge in [-0.3, -0.25) is 14.4 Å². The van der Waals surface area contributed by atoms with Crippen molar-refractivity contribution in [2.24, 2.45) is 0 Å². The largest absolute Gasteiger partial charge is 0.486 e. The summed E-state index contributed by atoms with van der Waals surface area (Å²) in [6, 6.07) is 11.9. The molecule has 29 heavy (non-hydrogen) atoms. The zero-order chi connectivity index (χ0) is 20.6. The van der Waals surface area contributed by atoms with Crippen LogP contribution in [0.5, 0.6) is 11.5 Å². The lowest BCUT2D eigenvalue weighted by molar-refractivity contribution is -0.144. The number of ether oxygens (including phenoxy) is 3. The van der Waals surface area contributed by atoms with Gasteiger partial charge in [-0.25, -0.2) is 0 Å². The van der Waals surface area contributed by atoms with E-state index in [2.05, 4.69) is 10.6 Å². The van der Waals surface area contributed by atoms with Crippen LogP contribution in [0.25, 0.3) is 0 Å². The number of amides is 2. The zero-order valence-electron chi connectivity index (χ0n) is 15.7. The summed E-state index contributed by atoms with van der Waals surface area (Å²) < 4.78 is 16.0. The van der Waals surface area contributed by atoms with E-state index in [9.17, 15) is 14.4 Å². The number of carbonyl (C=O) groups excluding carboxylic acids is 3. The summed E-state index contributed by atoms with van der Waals surface area (Å²) >= 11 is 1.28. The van der Waals surface area contributed by atoms with Crippen LogP contribution in [0, 0.1) is 0 Å². The molecule has 0 radical (unpaired) electrons. The van der Waals surface area contributed by atoms with E-state index in [-0.39, 0.29) is 11.7 Å². The molecule has 0 fully saturated rings. The Labute approximate surface area is 171 Å². The molecule has 1 aliphatic heterocycles. The molecular weight excluding hydrogens is 396 g/mol. The maximum atomic E-state index is 12.0. The maximum Gasteiger partial charge on any atom is 0.316 e. The number of carbonyl (C=O) groups is 3. The molecule has 8 nitrogen and oxygen atoms in total. The van der Waals surface area contributed by atoms with Crippen molar-refractivity contribution in [3.63, 3.8) is 0 Å². The van der Waals surface area contributed by atoms with Gasteiger partial charge in [0.15, 0.2) is 18.1 Å². The number of anilines is 1. The molecule has 0 aliphatic carbocycles. The summed E-state index contributed by atoms with van der Waals surface area (Å²) in [5.74, 6) is 0.118. The Kier molecular flexibility index (Phi) is 6.96. The van der Waals surface area contributed by atoms with Crippen molar-refractivity contribution in [1.29, 1.82) is 0 Å². The predicted octanol–water partition coefficient (Wildman–Crippen LogP) is 2.09. The third-order valence-corrected chi connectivity index (χ3v) is 4.84. The fourth-order valence-electron chi connectivity index (χ4n) is 2.52. The molecule has 2 aromatic rings. The topological polar surface area (TPSA) is 103 Å². The van der Waals surface area contributed by atoms with Gasteiger partial charge in [0.05, 0.1) is 5.75 Å². The number of fused-ring (bicyclic) bond motifs is 1. The minimum atomic E-state index is -0.515. The van der Waals surface area contributed by atoms with E-state index in [0.717, 1.165) is 4.90 Å². The first-order valence-electron chi connectivity index (χ1n) is 8.85. The summed E-state index contributed by atoms with van der Waals surface area (Å²) in [7, 11) is 1.52. The molecule has 0 bridgehead atoms. The highest BCUT2D eigenvalue weighted by Gasteiger charge is 2.14. The summed E-state index contributed by atoms with van der Waals surface area (Å²) in [5.41, 5.74) is 0.857. The Morgan fingerprint density at radius 3 is 2.66 bits per heavy atom. The fourth-order valence-corrected chi connectivity index (χ4v) is 3.25. The lowest BCUT2D eigenvalue weighted by Crippen LogP contribution is -2.22. The van der Waals surface area contributed by atoms with Crippen LogP contribution in [0.3, 0.4) is 0 Å². The quantitative estimate of drug-likeness (QED) is 0.526. The summed E-state index contributed by atoms with van der Waals surface area (Å²) in [6.45, 7) is 0.596. The molecule has 152 valence electrons. The van der Waals surface area contributed by atoms with Crippen molar-refractivity contribution < 1.29 is 28.6 Å². The first kappa shape index (κ1) is 20.5. The van der Waals surface area contributed by atoms with Crippen molar-refractivity contribution in [3.8, 4) is 11.5 Å². The number of nitrogens with one attached hydrogen (secondary N) is 2. The maximum absolute atomic E-state index is 12.0. The van der Waals surface area contributed by atoms with Crippen LogP contribution in [-0.2, 0) is 14.3 Å². The number of benzene rings is 2. The van der Waals surface area contributed by atoms with Crippen LogP contribution in [0.1, 0.15) is 10.4 Å². The van der Waals surface area contributed by atoms with Gasteiger partial charge in [-0.1, -0.05) is 6.07 Å². The van der Waals surface area contributed by atoms with Gasteiger partial charge in [0.1, 0.15) is 13.2 Å². The Morgan fingerprint density at radius 1 is 1.07 bits per heavy atom. The molecule has 0 spiro atoms. The van der Waals surface area contributed by atoms with Crippen molar-refractivity contribution in [1.82, 2.24) is 5.32 Å². The van der Waals surface area contributed by atoms with Gasteiger partial charge in [-0.05, 0) is 36.4 Å². The Morgan fingerprint density at radius 2 is 1.86 bits per heavy atom. The zero-order valence-corrected chi connectivity index (χ0v) is 16.5. The molecule has 0 unspecified atom stereocenters. The SMILES string of the molecule is CNC(=O)c1cccc(NC(=O)COC(=O)CSc2ccc3c(c2)OCCO3)c1. The second-order valence-corrected chi connectivity index (χ2v) is 7.01. The van der Waals surface area contributed by atoms with E-state index < -0.39 is 18.5 Å². The lowest BCUT2D eigenvalue weighted by Gasteiger charge is -2.18. The lowest BCUT2D eigenvalue weighted by atomic mass is 10.2. The molecule has 0 saturated carbocycles. The minimum absolute atomic E-state index is 0.0546. The monoisotopic (exact) mass is 416 g/mol. The van der Waals surface area contributed by atoms with Crippen molar-refractivity contribution in [2.75, 3.05) is 37.9 Å². The molecule has 1 heterocycles. The smallest absolute Gasteiger partial charge is 0.316 e. The highest BCUT2D eigenvalue weighted by molar-refractivity contribution is 8.00. The molecule has 2 amide bonds. The normalized spacial score (nSPS) is 12.0. The average molecular weight is 416 g/mol.